The maximum atomic E-state index is 13.3. The number of benzene rings is 2. The third-order valence-electron chi connectivity index (χ3n) is 4.39. The minimum absolute atomic E-state index is 0.0405. The third kappa shape index (κ3) is 4.15. The van der Waals surface area contributed by atoms with Gasteiger partial charge in [0.2, 0.25) is 0 Å². The molecule has 0 N–H and O–H groups in total. The van der Waals surface area contributed by atoms with Gasteiger partial charge >= 0.3 is 0 Å². The minimum atomic E-state index is -0.144. The van der Waals surface area contributed by atoms with E-state index in [1.54, 1.807) is 22.8 Å². The number of carbonyl (C=O) groups is 1. The van der Waals surface area contributed by atoms with Gasteiger partial charge in [0.1, 0.15) is 0 Å². The molecule has 0 saturated heterocycles. The molecule has 146 valence electrons. The molecule has 0 unspecified atom stereocenters. The van der Waals surface area contributed by atoms with Crippen LogP contribution in [-0.2, 0) is 0 Å². The summed E-state index contributed by atoms with van der Waals surface area (Å²) in [4.78, 5) is 31.1. The highest BCUT2D eigenvalue weighted by Gasteiger charge is 2.16. The van der Waals surface area contributed by atoms with E-state index in [0.717, 1.165) is 16.8 Å². The van der Waals surface area contributed by atoms with Crippen molar-refractivity contribution in [1.82, 2.24) is 9.55 Å². The van der Waals surface area contributed by atoms with Crippen LogP contribution in [0.15, 0.2) is 64.5 Å². The Hall–Kier alpha value is -2.41. The summed E-state index contributed by atoms with van der Waals surface area (Å²) in [6.45, 7) is 3.99. The zero-order valence-corrected chi connectivity index (χ0v) is 18.2. The first kappa shape index (κ1) is 19.9. The average Bonchev–Trinajstić information content (AvgIpc) is 3.12. The molecule has 0 fully saturated rings. The van der Waals surface area contributed by atoms with Crippen LogP contribution in [0.3, 0.4) is 0 Å². The number of hydrogen-bond acceptors (Lipinski definition) is 5. The van der Waals surface area contributed by atoms with Crippen molar-refractivity contribution in [2.24, 2.45) is 0 Å². The first-order valence-electron chi connectivity index (χ1n) is 8.94. The normalized spacial score (nSPS) is 11.1. The van der Waals surface area contributed by atoms with Crippen molar-refractivity contribution in [2.45, 2.75) is 19.0 Å². The number of aromatic nitrogens is 2. The summed E-state index contributed by atoms with van der Waals surface area (Å²) < 4.78 is 2.18. The zero-order valence-electron chi connectivity index (χ0n) is 15.8. The van der Waals surface area contributed by atoms with Crippen LogP contribution in [0.25, 0.3) is 16.6 Å². The molecule has 4 rings (SSSR count). The second kappa shape index (κ2) is 8.14. The molecule has 0 radical (unpaired) electrons. The Bertz CT molecular complexity index is 1270. The lowest BCUT2D eigenvalue weighted by Gasteiger charge is -2.14. The van der Waals surface area contributed by atoms with E-state index in [0.29, 0.717) is 25.3 Å². The van der Waals surface area contributed by atoms with Crippen LogP contribution in [0.5, 0.6) is 0 Å². The van der Waals surface area contributed by atoms with Gasteiger partial charge in [0.25, 0.3) is 5.56 Å². The number of fused-ring (bicyclic) bond motifs is 1. The van der Waals surface area contributed by atoms with Gasteiger partial charge in [0, 0.05) is 0 Å². The predicted octanol–water partition coefficient (Wildman–Crippen LogP) is 5.69. The molecule has 0 bridgehead atoms. The van der Waals surface area contributed by atoms with Crippen molar-refractivity contribution in [1.29, 1.82) is 0 Å². The largest absolute Gasteiger partial charge is 0.292 e. The summed E-state index contributed by atoms with van der Waals surface area (Å²) in [7, 11) is 0. The summed E-state index contributed by atoms with van der Waals surface area (Å²) >= 11 is 8.46. The Morgan fingerprint density at radius 3 is 2.52 bits per heavy atom. The fraction of sp³-hybridized carbons (Fsp3) is 0.136. The van der Waals surface area contributed by atoms with E-state index in [4.69, 9.17) is 16.6 Å². The topological polar surface area (TPSA) is 52.0 Å². The molecule has 0 atom stereocenters. The van der Waals surface area contributed by atoms with Gasteiger partial charge in [-0.15, -0.1) is 11.3 Å². The van der Waals surface area contributed by atoms with E-state index in [1.165, 1.54) is 23.1 Å². The fourth-order valence-electron chi connectivity index (χ4n) is 3.18. The third-order valence-corrected chi connectivity index (χ3v) is 6.60. The molecule has 0 spiro atoms. The van der Waals surface area contributed by atoms with Crippen molar-refractivity contribution < 1.29 is 4.79 Å². The van der Waals surface area contributed by atoms with Gasteiger partial charge in [0.05, 0.1) is 31.6 Å². The van der Waals surface area contributed by atoms with Gasteiger partial charge in [-0.3, -0.25) is 14.2 Å². The maximum absolute atomic E-state index is 13.3. The standard InChI is InChI=1S/C22H17ClN2O2S2/c1-13-9-14(2)11-15(10-13)25-21(27)16-5-3-4-6-17(16)24-22(25)28-12-18(26)19-7-8-20(23)29-19/h3-11H,12H2,1-2H3. The maximum Gasteiger partial charge on any atom is 0.266 e. The summed E-state index contributed by atoms with van der Waals surface area (Å²) in [5.41, 5.74) is 3.34. The quantitative estimate of drug-likeness (QED) is 0.227. The second-order valence-corrected chi connectivity index (χ2v) is 9.37. The Kier molecular flexibility index (Phi) is 5.58. The number of nitrogens with zero attached hydrogens (tertiary/aromatic N) is 2. The number of hydrogen-bond donors (Lipinski definition) is 0. The molecule has 4 nitrogen and oxygen atoms in total. The smallest absolute Gasteiger partial charge is 0.266 e. The van der Waals surface area contributed by atoms with Crippen LogP contribution in [-0.4, -0.2) is 21.1 Å². The van der Waals surface area contributed by atoms with Crippen LogP contribution < -0.4 is 5.56 Å². The molecular weight excluding hydrogens is 424 g/mol. The molecule has 0 aliphatic heterocycles. The Labute approximate surface area is 181 Å². The van der Waals surface area contributed by atoms with Crippen molar-refractivity contribution in [3.8, 4) is 5.69 Å². The van der Waals surface area contributed by atoms with Gasteiger partial charge in [-0.05, 0) is 61.4 Å². The molecule has 0 amide bonds. The average molecular weight is 441 g/mol. The van der Waals surface area contributed by atoms with Gasteiger partial charge in [-0.1, -0.05) is 41.6 Å². The highest BCUT2D eigenvalue weighted by molar-refractivity contribution is 7.99. The second-order valence-electron chi connectivity index (χ2n) is 6.71. The Balaban J connectivity index is 1.81. The van der Waals surface area contributed by atoms with Crippen LogP contribution >= 0.6 is 34.7 Å². The van der Waals surface area contributed by atoms with Crippen molar-refractivity contribution in [3.63, 3.8) is 0 Å². The molecular formula is C22H17ClN2O2S2. The lowest BCUT2D eigenvalue weighted by atomic mass is 10.1. The van der Waals surface area contributed by atoms with Gasteiger partial charge in [-0.25, -0.2) is 4.98 Å². The van der Waals surface area contributed by atoms with Gasteiger partial charge in [0.15, 0.2) is 10.9 Å². The lowest BCUT2D eigenvalue weighted by Crippen LogP contribution is -2.22. The zero-order chi connectivity index (χ0) is 20.5. The molecule has 4 aromatic rings. The van der Waals surface area contributed by atoms with Crippen LogP contribution in [0, 0.1) is 13.8 Å². The van der Waals surface area contributed by atoms with E-state index in [1.807, 2.05) is 44.2 Å². The van der Waals surface area contributed by atoms with Crippen LogP contribution in [0.2, 0.25) is 4.34 Å². The van der Waals surface area contributed by atoms with Crippen molar-refractivity contribution in [3.05, 3.63) is 85.3 Å². The van der Waals surface area contributed by atoms with Gasteiger partial charge < -0.3 is 0 Å². The summed E-state index contributed by atoms with van der Waals surface area (Å²) in [6, 6.07) is 16.7. The molecule has 2 aromatic carbocycles. The molecule has 2 heterocycles. The van der Waals surface area contributed by atoms with E-state index < -0.39 is 0 Å². The van der Waals surface area contributed by atoms with E-state index in [9.17, 15) is 9.59 Å². The summed E-state index contributed by atoms with van der Waals surface area (Å²) in [5, 5.41) is 1.04. The van der Waals surface area contributed by atoms with E-state index in [2.05, 4.69) is 6.07 Å². The first-order chi connectivity index (χ1) is 13.9. The van der Waals surface area contributed by atoms with E-state index >= 15 is 0 Å². The molecule has 0 aliphatic carbocycles. The van der Waals surface area contributed by atoms with Crippen molar-refractivity contribution in [2.75, 3.05) is 5.75 Å². The van der Waals surface area contributed by atoms with Crippen molar-refractivity contribution >= 4 is 51.4 Å². The highest BCUT2D eigenvalue weighted by atomic mass is 35.5. The molecule has 0 saturated carbocycles. The fourth-order valence-corrected chi connectivity index (χ4v) is 5.15. The lowest BCUT2D eigenvalue weighted by molar-refractivity contribution is 0.102. The Morgan fingerprint density at radius 1 is 1.10 bits per heavy atom. The summed E-state index contributed by atoms with van der Waals surface area (Å²) in [6.07, 6.45) is 0. The number of rotatable bonds is 5. The highest BCUT2D eigenvalue weighted by Crippen LogP contribution is 2.26. The minimum Gasteiger partial charge on any atom is -0.292 e. The number of para-hydroxylation sites is 1. The van der Waals surface area contributed by atoms with Crippen LogP contribution in [0.1, 0.15) is 20.8 Å². The number of Topliss-reactive ketones (excluding diaryl/α,β-unsaturated/α-hetero) is 1. The van der Waals surface area contributed by atoms with Gasteiger partial charge in [-0.2, -0.15) is 0 Å². The Morgan fingerprint density at radius 2 is 1.83 bits per heavy atom. The molecule has 0 aliphatic rings. The monoisotopic (exact) mass is 440 g/mol. The number of aryl methyl sites for hydroxylation is 2. The van der Waals surface area contributed by atoms with E-state index in [-0.39, 0.29) is 17.1 Å². The molecule has 2 aromatic heterocycles. The number of halogens is 1. The number of ketones is 1. The molecule has 7 heteroatoms. The number of carbonyl (C=O) groups excluding carboxylic acids is 1. The molecule has 29 heavy (non-hydrogen) atoms. The van der Waals surface area contributed by atoms with Crippen LogP contribution in [0.4, 0.5) is 0 Å². The predicted molar refractivity (Wildman–Crippen MR) is 121 cm³/mol. The number of thiophene rings is 1. The first-order valence-corrected chi connectivity index (χ1v) is 11.1. The number of thioether (sulfide) groups is 1. The summed E-state index contributed by atoms with van der Waals surface area (Å²) in [5.74, 6) is 0.133. The SMILES string of the molecule is Cc1cc(C)cc(-n2c(SCC(=O)c3ccc(Cl)s3)nc3ccccc3c2=O)c1.